The molecule has 2 rings (SSSR count). The van der Waals surface area contributed by atoms with Gasteiger partial charge in [-0.1, -0.05) is 17.7 Å². The molecule has 6 nitrogen and oxygen atoms in total. The van der Waals surface area contributed by atoms with Crippen molar-refractivity contribution >= 4 is 45.1 Å². The van der Waals surface area contributed by atoms with Crippen molar-refractivity contribution in [1.82, 2.24) is 9.97 Å². The summed E-state index contributed by atoms with van der Waals surface area (Å²) in [6.07, 6.45) is 1.34. The minimum Gasteiger partial charge on any atom is -0.459 e. The highest BCUT2D eigenvalue weighted by molar-refractivity contribution is 9.10. The van der Waals surface area contributed by atoms with E-state index in [2.05, 4.69) is 25.9 Å². The molecule has 1 unspecified atom stereocenters. The number of esters is 1. The zero-order chi connectivity index (χ0) is 20.9. The van der Waals surface area contributed by atoms with Gasteiger partial charge in [-0.2, -0.15) is 0 Å². The van der Waals surface area contributed by atoms with Crippen LogP contribution in [-0.4, -0.2) is 33.1 Å². The van der Waals surface area contributed by atoms with E-state index in [1.807, 2.05) is 0 Å². The lowest BCUT2D eigenvalue weighted by atomic mass is 9.93. The summed E-state index contributed by atoms with van der Waals surface area (Å²) in [4.78, 5) is 46.1. The molecule has 0 fully saturated rings. The molecule has 8 heteroatoms. The summed E-state index contributed by atoms with van der Waals surface area (Å²) >= 11 is 9.24. The fraction of sp³-hybridized carbons (Fsp3) is 0.350. The Hall–Kier alpha value is -2.12. The number of aromatic nitrogens is 2. The average Bonchev–Trinajstić information content (AvgIpc) is 2.62. The van der Waals surface area contributed by atoms with Crippen molar-refractivity contribution < 1.29 is 19.1 Å². The molecule has 0 aliphatic carbocycles. The standard InChI is InChI=1S/C20H20BrClN2O4/c1-20(2,3)28-19(27)12(18(26)14-6-4-5-11-23-14)7-9-15(25)17-13(22)8-10-16(21)24-17/h4-6,8,10-12H,7,9H2,1-3H3. The second kappa shape index (κ2) is 9.39. The van der Waals surface area contributed by atoms with Crippen LogP contribution >= 0.6 is 27.5 Å². The summed E-state index contributed by atoms with van der Waals surface area (Å²) < 4.78 is 5.84. The van der Waals surface area contributed by atoms with Crippen LogP contribution in [-0.2, 0) is 9.53 Å². The summed E-state index contributed by atoms with van der Waals surface area (Å²) in [7, 11) is 0. The number of nitrogens with zero attached hydrogens (tertiary/aromatic N) is 2. The molecule has 0 aliphatic rings. The van der Waals surface area contributed by atoms with E-state index in [1.54, 1.807) is 45.0 Å². The van der Waals surface area contributed by atoms with Gasteiger partial charge in [-0.15, -0.1) is 0 Å². The molecule has 2 aromatic heterocycles. The molecule has 0 spiro atoms. The Labute approximate surface area is 176 Å². The van der Waals surface area contributed by atoms with Gasteiger partial charge in [-0.25, -0.2) is 4.98 Å². The summed E-state index contributed by atoms with van der Waals surface area (Å²) in [5.41, 5.74) is -0.535. The first-order valence-electron chi connectivity index (χ1n) is 8.62. The van der Waals surface area contributed by atoms with Gasteiger partial charge in [0.25, 0.3) is 0 Å². The number of pyridine rings is 2. The smallest absolute Gasteiger partial charge is 0.317 e. The Bertz CT molecular complexity index is 882. The van der Waals surface area contributed by atoms with E-state index in [4.69, 9.17) is 16.3 Å². The number of halogens is 2. The average molecular weight is 468 g/mol. The maximum atomic E-state index is 12.8. The van der Waals surface area contributed by atoms with Crippen LogP contribution in [0.15, 0.2) is 41.1 Å². The van der Waals surface area contributed by atoms with Crippen molar-refractivity contribution in [2.24, 2.45) is 5.92 Å². The number of rotatable bonds is 7. The second-order valence-electron chi connectivity index (χ2n) is 7.09. The van der Waals surface area contributed by atoms with Gasteiger partial charge in [0.15, 0.2) is 11.6 Å². The highest BCUT2D eigenvalue weighted by atomic mass is 79.9. The van der Waals surface area contributed by atoms with Gasteiger partial charge < -0.3 is 4.74 Å². The molecule has 0 bridgehead atoms. The van der Waals surface area contributed by atoms with Crippen LogP contribution in [0.5, 0.6) is 0 Å². The maximum absolute atomic E-state index is 12.8. The number of carbonyl (C=O) groups excluding carboxylic acids is 3. The topological polar surface area (TPSA) is 86.2 Å². The molecule has 1 atom stereocenters. The van der Waals surface area contributed by atoms with Crippen molar-refractivity contribution in [3.05, 3.63) is 57.5 Å². The van der Waals surface area contributed by atoms with Crippen molar-refractivity contribution in [3.8, 4) is 0 Å². The minimum atomic E-state index is -1.15. The molecule has 2 aromatic rings. The maximum Gasteiger partial charge on any atom is 0.317 e. The Kier molecular flexibility index (Phi) is 7.43. The number of hydrogen-bond acceptors (Lipinski definition) is 6. The normalized spacial score (nSPS) is 12.3. The molecule has 148 valence electrons. The number of ether oxygens (including phenoxy) is 1. The largest absolute Gasteiger partial charge is 0.459 e. The predicted octanol–water partition coefficient (Wildman–Crippen LogP) is 4.70. The quantitative estimate of drug-likeness (QED) is 0.254. The first kappa shape index (κ1) is 22.2. The van der Waals surface area contributed by atoms with E-state index >= 15 is 0 Å². The molecule has 0 saturated carbocycles. The summed E-state index contributed by atoms with van der Waals surface area (Å²) in [5, 5.41) is 0.207. The van der Waals surface area contributed by atoms with Crippen LogP contribution in [0, 0.1) is 5.92 Å². The number of ketones is 2. The van der Waals surface area contributed by atoms with Crippen LogP contribution in [0.1, 0.15) is 54.6 Å². The van der Waals surface area contributed by atoms with E-state index in [9.17, 15) is 14.4 Å². The summed E-state index contributed by atoms with van der Waals surface area (Å²) in [6, 6.07) is 8.02. The molecule has 0 aliphatic heterocycles. The highest BCUT2D eigenvalue weighted by Crippen LogP contribution is 2.23. The van der Waals surface area contributed by atoms with E-state index < -0.39 is 23.3 Å². The molecule has 28 heavy (non-hydrogen) atoms. The van der Waals surface area contributed by atoms with Gasteiger partial charge >= 0.3 is 5.97 Å². The monoisotopic (exact) mass is 466 g/mol. The minimum absolute atomic E-state index is 0.0341. The van der Waals surface area contributed by atoms with Gasteiger partial charge in [-0.05, 0) is 67.4 Å². The molecule has 0 aromatic carbocycles. The van der Waals surface area contributed by atoms with Gasteiger partial charge in [0.2, 0.25) is 0 Å². The summed E-state index contributed by atoms with van der Waals surface area (Å²) in [6.45, 7) is 5.14. The van der Waals surface area contributed by atoms with E-state index in [0.717, 1.165) is 0 Å². The lowest BCUT2D eigenvalue weighted by molar-refractivity contribution is -0.158. The van der Waals surface area contributed by atoms with Gasteiger partial charge in [0.05, 0.1) is 5.02 Å². The highest BCUT2D eigenvalue weighted by Gasteiger charge is 2.33. The van der Waals surface area contributed by atoms with E-state index in [0.29, 0.717) is 4.60 Å². The SMILES string of the molecule is CC(C)(C)OC(=O)C(CCC(=O)c1nc(Br)ccc1Cl)C(=O)c1ccccn1. The first-order chi connectivity index (χ1) is 13.1. The number of Topliss-reactive ketones (excluding diaryl/α,β-unsaturated/α-hetero) is 2. The molecule has 2 heterocycles. The Morgan fingerprint density at radius 2 is 1.89 bits per heavy atom. The van der Waals surface area contributed by atoms with E-state index in [1.165, 1.54) is 12.3 Å². The van der Waals surface area contributed by atoms with Crippen LogP contribution < -0.4 is 0 Å². The second-order valence-corrected chi connectivity index (χ2v) is 8.31. The first-order valence-corrected chi connectivity index (χ1v) is 9.79. The van der Waals surface area contributed by atoms with Crippen LogP contribution in [0.3, 0.4) is 0 Å². The van der Waals surface area contributed by atoms with Crippen molar-refractivity contribution in [2.75, 3.05) is 0 Å². The van der Waals surface area contributed by atoms with Gasteiger partial charge in [0, 0.05) is 12.6 Å². The Balaban J connectivity index is 2.22. The Morgan fingerprint density at radius 3 is 2.50 bits per heavy atom. The lowest BCUT2D eigenvalue weighted by Gasteiger charge is -2.23. The van der Waals surface area contributed by atoms with Crippen LogP contribution in [0.4, 0.5) is 0 Å². The Morgan fingerprint density at radius 1 is 1.18 bits per heavy atom. The van der Waals surface area contributed by atoms with Gasteiger partial charge in [-0.3, -0.25) is 19.4 Å². The van der Waals surface area contributed by atoms with E-state index in [-0.39, 0.29) is 35.0 Å². The van der Waals surface area contributed by atoms with Crippen molar-refractivity contribution in [3.63, 3.8) is 0 Å². The number of hydrogen-bond donors (Lipinski definition) is 0. The van der Waals surface area contributed by atoms with Gasteiger partial charge in [0.1, 0.15) is 27.5 Å². The summed E-state index contributed by atoms with van der Waals surface area (Å²) in [5.74, 6) is -2.70. The fourth-order valence-corrected chi connectivity index (χ4v) is 2.94. The zero-order valence-electron chi connectivity index (χ0n) is 15.7. The third-order valence-electron chi connectivity index (χ3n) is 3.66. The third-order valence-corrected chi connectivity index (χ3v) is 4.41. The molecule has 0 radical (unpaired) electrons. The molecule has 0 amide bonds. The van der Waals surface area contributed by atoms with Crippen molar-refractivity contribution in [2.45, 2.75) is 39.2 Å². The zero-order valence-corrected chi connectivity index (χ0v) is 18.1. The van der Waals surface area contributed by atoms with Crippen molar-refractivity contribution in [1.29, 1.82) is 0 Å². The molecular formula is C20H20BrClN2O4. The van der Waals surface area contributed by atoms with Crippen LogP contribution in [0.2, 0.25) is 5.02 Å². The lowest BCUT2D eigenvalue weighted by Crippen LogP contribution is -2.33. The third kappa shape index (κ3) is 6.21. The molecular weight excluding hydrogens is 448 g/mol. The predicted molar refractivity (Wildman–Crippen MR) is 108 cm³/mol. The number of carbonyl (C=O) groups is 3. The van der Waals surface area contributed by atoms with Crippen LogP contribution in [0.25, 0.3) is 0 Å². The molecule has 0 saturated heterocycles. The molecule has 0 N–H and O–H groups in total. The fourth-order valence-electron chi connectivity index (χ4n) is 2.42.